The van der Waals surface area contributed by atoms with Crippen LogP contribution in [0.4, 0.5) is 0 Å². The minimum absolute atomic E-state index is 0.0885. The summed E-state index contributed by atoms with van der Waals surface area (Å²) in [6, 6.07) is 3.86. The van der Waals surface area contributed by atoms with Crippen LogP contribution < -0.4 is 9.47 Å². The molecule has 0 saturated carbocycles. The Labute approximate surface area is 104 Å². The number of hydrogen-bond acceptors (Lipinski definition) is 3. The molecule has 4 heteroatoms. The van der Waals surface area contributed by atoms with E-state index >= 15 is 0 Å². The predicted molar refractivity (Wildman–Crippen MR) is 65.2 cm³/mol. The molecule has 0 bridgehead atoms. The molecule has 3 nitrogen and oxygen atoms in total. The standard InChI is InChI=1S/C12H15BrO3/c1-12(2,7-14)8-3-4-9-11(10(8)13)16-6-5-15-9/h3-4,14H,5-7H2,1-2H3. The van der Waals surface area contributed by atoms with Crippen LogP contribution in [0.15, 0.2) is 16.6 Å². The Morgan fingerprint density at radius 3 is 2.69 bits per heavy atom. The van der Waals surface area contributed by atoms with Crippen molar-refractivity contribution in [1.82, 2.24) is 0 Å². The number of aliphatic hydroxyl groups is 1. The Bertz CT molecular complexity index is 401. The summed E-state index contributed by atoms with van der Waals surface area (Å²) >= 11 is 3.53. The highest BCUT2D eigenvalue weighted by atomic mass is 79.9. The van der Waals surface area contributed by atoms with Crippen molar-refractivity contribution < 1.29 is 14.6 Å². The van der Waals surface area contributed by atoms with E-state index in [4.69, 9.17) is 9.47 Å². The van der Waals surface area contributed by atoms with Gasteiger partial charge in [-0.1, -0.05) is 19.9 Å². The quantitative estimate of drug-likeness (QED) is 0.908. The fourth-order valence-corrected chi connectivity index (χ4v) is 2.67. The number of benzene rings is 1. The Balaban J connectivity index is 2.50. The predicted octanol–water partition coefficient (Wildman–Crippen LogP) is 2.49. The molecule has 0 unspecified atom stereocenters. The lowest BCUT2D eigenvalue weighted by Crippen LogP contribution is -2.24. The summed E-state index contributed by atoms with van der Waals surface area (Å²) < 4.78 is 11.9. The van der Waals surface area contributed by atoms with Crippen LogP contribution in [-0.4, -0.2) is 24.9 Å². The average molecular weight is 287 g/mol. The molecular formula is C12H15BrO3. The van der Waals surface area contributed by atoms with Gasteiger partial charge in [0.25, 0.3) is 0 Å². The smallest absolute Gasteiger partial charge is 0.175 e. The lowest BCUT2D eigenvalue weighted by Gasteiger charge is -2.27. The zero-order valence-electron chi connectivity index (χ0n) is 9.42. The largest absolute Gasteiger partial charge is 0.486 e. The molecule has 0 saturated heterocycles. The number of rotatable bonds is 2. The van der Waals surface area contributed by atoms with E-state index in [0.717, 1.165) is 21.5 Å². The third-order valence-electron chi connectivity index (χ3n) is 2.77. The lowest BCUT2D eigenvalue weighted by molar-refractivity contribution is 0.168. The Kier molecular flexibility index (Phi) is 3.13. The third-order valence-corrected chi connectivity index (χ3v) is 3.56. The maximum atomic E-state index is 9.38. The van der Waals surface area contributed by atoms with Crippen LogP contribution in [0.1, 0.15) is 19.4 Å². The van der Waals surface area contributed by atoms with Crippen molar-refractivity contribution in [1.29, 1.82) is 0 Å². The average Bonchev–Trinajstić information content (AvgIpc) is 2.29. The molecule has 1 aromatic carbocycles. The maximum absolute atomic E-state index is 9.38. The van der Waals surface area contributed by atoms with E-state index in [0.29, 0.717) is 13.2 Å². The molecule has 1 heterocycles. The molecule has 2 rings (SSSR count). The van der Waals surface area contributed by atoms with Gasteiger partial charge in [-0.2, -0.15) is 0 Å². The first-order chi connectivity index (χ1) is 7.56. The van der Waals surface area contributed by atoms with E-state index < -0.39 is 0 Å². The molecule has 1 N–H and O–H groups in total. The Morgan fingerprint density at radius 2 is 2.00 bits per heavy atom. The minimum atomic E-state index is -0.297. The summed E-state index contributed by atoms with van der Waals surface area (Å²) in [5, 5.41) is 9.38. The monoisotopic (exact) mass is 286 g/mol. The molecule has 0 fully saturated rings. The van der Waals surface area contributed by atoms with Gasteiger partial charge in [-0.15, -0.1) is 0 Å². The third kappa shape index (κ3) is 1.92. The number of ether oxygens (including phenoxy) is 2. The maximum Gasteiger partial charge on any atom is 0.175 e. The van der Waals surface area contributed by atoms with Crippen molar-refractivity contribution in [2.75, 3.05) is 19.8 Å². The molecule has 1 aliphatic rings. The second kappa shape index (κ2) is 4.26. The van der Waals surface area contributed by atoms with E-state index in [9.17, 15) is 5.11 Å². The molecule has 0 spiro atoms. The number of aliphatic hydroxyl groups excluding tert-OH is 1. The zero-order chi connectivity index (χ0) is 11.8. The normalized spacial score (nSPS) is 15.0. The fraction of sp³-hybridized carbons (Fsp3) is 0.500. The van der Waals surface area contributed by atoms with Crippen LogP contribution in [0.3, 0.4) is 0 Å². The van der Waals surface area contributed by atoms with Crippen LogP contribution in [0, 0.1) is 0 Å². The molecule has 1 aromatic rings. The van der Waals surface area contributed by atoms with Crippen molar-refractivity contribution in [2.45, 2.75) is 19.3 Å². The van der Waals surface area contributed by atoms with Gasteiger partial charge in [0.1, 0.15) is 13.2 Å². The molecule has 0 aliphatic carbocycles. The number of fused-ring (bicyclic) bond motifs is 1. The summed E-state index contributed by atoms with van der Waals surface area (Å²) in [5.41, 5.74) is 0.730. The molecule has 0 atom stereocenters. The van der Waals surface area contributed by atoms with Gasteiger partial charge in [-0.25, -0.2) is 0 Å². The second-order valence-electron chi connectivity index (χ2n) is 4.49. The van der Waals surface area contributed by atoms with Crippen molar-refractivity contribution in [3.63, 3.8) is 0 Å². The molecule has 0 radical (unpaired) electrons. The van der Waals surface area contributed by atoms with E-state index in [1.54, 1.807) is 0 Å². The van der Waals surface area contributed by atoms with Crippen molar-refractivity contribution in [3.8, 4) is 11.5 Å². The van der Waals surface area contributed by atoms with Crippen molar-refractivity contribution >= 4 is 15.9 Å². The van der Waals surface area contributed by atoms with E-state index in [1.807, 2.05) is 26.0 Å². The van der Waals surface area contributed by atoms with Crippen LogP contribution in [-0.2, 0) is 5.41 Å². The Hall–Kier alpha value is -0.740. The van der Waals surface area contributed by atoms with Crippen LogP contribution >= 0.6 is 15.9 Å². The topological polar surface area (TPSA) is 38.7 Å². The fourth-order valence-electron chi connectivity index (χ4n) is 1.69. The highest BCUT2D eigenvalue weighted by Crippen LogP contribution is 2.43. The first-order valence-electron chi connectivity index (χ1n) is 5.26. The molecule has 0 aromatic heterocycles. The van der Waals surface area contributed by atoms with Crippen LogP contribution in [0.25, 0.3) is 0 Å². The number of halogens is 1. The van der Waals surface area contributed by atoms with Crippen LogP contribution in [0.5, 0.6) is 11.5 Å². The van der Waals surface area contributed by atoms with E-state index in [2.05, 4.69) is 15.9 Å². The zero-order valence-corrected chi connectivity index (χ0v) is 11.0. The summed E-state index contributed by atoms with van der Waals surface area (Å²) in [7, 11) is 0. The second-order valence-corrected chi connectivity index (χ2v) is 5.29. The van der Waals surface area contributed by atoms with Crippen molar-refractivity contribution in [3.05, 3.63) is 22.2 Å². The summed E-state index contributed by atoms with van der Waals surface area (Å²) in [5.74, 6) is 1.50. The molecule has 1 aliphatic heterocycles. The van der Waals surface area contributed by atoms with Gasteiger partial charge in [0.15, 0.2) is 11.5 Å². The highest BCUT2D eigenvalue weighted by molar-refractivity contribution is 9.10. The summed E-state index contributed by atoms with van der Waals surface area (Å²) in [4.78, 5) is 0. The summed E-state index contributed by atoms with van der Waals surface area (Å²) in [6.45, 7) is 5.22. The first kappa shape index (κ1) is 11.7. The summed E-state index contributed by atoms with van der Waals surface area (Å²) in [6.07, 6.45) is 0. The van der Waals surface area contributed by atoms with E-state index in [-0.39, 0.29) is 12.0 Å². The molecule has 16 heavy (non-hydrogen) atoms. The molecule has 88 valence electrons. The van der Waals surface area contributed by atoms with E-state index in [1.165, 1.54) is 0 Å². The van der Waals surface area contributed by atoms with Gasteiger partial charge in [0, 0.05) is 5.41 Å². The van der Waals surface area contributed by atoms with Crippen molar-refractivity contribution in [2.24, 2.45) is 0 Å². The Morgan fingerprint density at radius 1 is 1.31 bits per heavy atom. The minimum Gasteiger partial charge on any atom is -0.486 e. The van der Waals surface area contributed by atoms with Crippen LogP contribution in [0.2, 0.25) is 0 Å². The SMILES string of the molecule is CC(C)(CO)c1ccc2c(c1Br)OCCO2. The lowest BCUT2D eigenvalue weighted by atomic mass is 9.85. The molecular weight excluding hydrogens is 272 g/mol. The highest BCUT2D eigenvalue weighted by Gasteiger charge is 2.26. The van der Waals surface area contributed by atoms with Gasteiger partial charge in [0.2, 0.25) is 0 Å². The van der Waals surface area contributed by atoms with Gasteiger partial charge < -0.3 is 14.6 Å². The number of hydrogen-bond donors (Lipinski definition) is 1. The van der Waals surface area contributed by atoms with Gasteiger partial charge in [-0.3, -0.25) is 0 Å². The van der Waals surface area contributed by atoms with Gasteiger partial charge in [0.05, 0.1) is 11.1 Å². The van der Waals surface area contributed by atoms with Gasteiger partial charge in [-0.05, 0) is 27.6 Å². The molecule has 0 amide bonds. The van der Waals surface area contributed by atoms with Gasteiger partial charge >= 0.3 is 0 Å². The first-order valence-corrected chi connectivity index (χ1v) is 6.05.